The Labute approximate surface area is 127 Å². The molecule has 3 nitrogen and oxygen atoms in total. The molecule has 0 aliphatic carbocycles. The predicted molar refractivity (Wildman–Crippen MR) is 85.5 cm³/mol. The average Bonchev–Trinajstić information content (AvgIpc) is 2.41. The van der Waals surface area contributed by atoms with E-state index in [9.17, 15) is 4.79 Å². The molecular weight excluding hydrogens is 316 g/mol. The van der Waals surface area contributed by atoms with Gasteiger partial charge in [-0.05, 0) is 41.8 Å². The van der Waals surface area contributed by atoms with Gasteiger partial charge < -0.3 is 11.1 Å². The standard InChI is InChI=1S/C16H17BrN2O/c1-11-8-13(4-7-15(11)17)10-19-14-5-2-12(3-6-14)9-16(18)20/h2-8,19H,9-10H2,1H3,(H2,18,20). The van der Waals surface area contributed by atoms with Gasteiger partial charge in [0.25, 0.3) is 0 Å². The van der Waals surface area contributed by atoms with Crippen molar-refractivity contribution in [3.8, 4) is 0 Å². The van der Waals surface area contributed by atoms with E-state index >= 15 is 0 Å². The Hall–Kier alpha value is -1.81. The molecule has 3 N–H and O–H groups in total. The monoisotopic (exact) mass is 332 g/mol. The zero-order chi connectivity index (χ0) is 14.5. The lowest BCUT2D eigenvalue weighted by molar-refractivity contribution is -0.117. The number of halogens is 1. The van der Waals surface area contributed by atoms with Gasteiger partial charge >= 0.3 is 0 Å². The van der Waals surface area contributed by atoms with Gasteiger partial charge in [0.15, 0.2) is 0 Å². The second kappa shape index (κ2) is 6.57. The fourth-order valence-electron chi connectivity index (χ4n) is 1.96. The summed E-state index contributed by atoms with van der Waals surface area (Å²) in [6.07, 6.45) is 0.284. The van der Waals surface area contributed by atoms with Gasteiger partial charge in [0.2, 0.25) is 5.91 Å². The smallest absolute Gasteiger partial charge is 0.221 e. The first kappa shape index (κ1) is 14.6. The Morgan fingerprint density at radius 1 is 1.15 bits per heavy atom. The molecule has 2 aromatic carbocycles. The molecule has 0 aliphatic heterocycles. The van der Waals surface area contributed by atoms with Gasteiger partial charge in [-0.15, -0.1) is 0 Å². The van der Waals surface area contributed by atoms with Crippen LogP contribution in [0.25, 0.3) is 0 Å². The lowest BCUT2D eigenvalue weighted by Gasteiger charge is -2.08. The van der Waals surface area contributed by atoms with Crippen LogP contribution in [0.4, 0.5) is 5.69 Å². The minimum Gasteiger partial charge on any atom is -0.381 e. The SMILES string of the molecule is Cc1cc(CNc2ccc(CC(N)=O)cc2)ccc1Br. The van der Waals surface area contributed by atoms with Gasteiger partial charge in [0.05, 0.1) is 6.42 Å². The number of rotatable bonds is 5. The first-order chi connectivity index (χ1) is 9.54. The number of benzene rings is 2. The molecule has 0 unspecified atom stereocenters. The fourth-order valence-corrected chi connectivity index (χ4v) is 2.21. The molecule has 0 aromatic heterocycles. The number of anilines is 1. The molecule has 0 radical (unpaired) electrons. The Kier molecular flexibility index (Phi) is 4.79. The van der Waals surface area contributed by atoms with Gasteiger partial charge in [0.1, 0.15) is 0 Å². The quantitative estimate of drug-likeness (QED) is 0.881. The van der Waals surface area contributed by atoms with E-state index in [2.05, 4.69) is 46.4 Å². The summed E-state index contributed by atoms with van der Waals surface area (Å²) >= 11 is 3.49. The van der Waals surface area contributed by atoms with Crippen LogP contribution in [0.1, 0.15) is 16.7 Å². The number of primary amides is 1. The van der Waals surface area contributed by atoms with Crippen molar-refractivity contribution < 1.29 is 4.79 Å². The molecule has 4 heteroatoms. The Bertz CT molecular complexity index is 608. The molecule has 2 aromatic rings. The third-order valence-corrected chi connectivity index (χ3v) is 3.94. The second-order valence-electron chi connectivity index (χ2n) is 4.78. The van der Waals surface area contributed by atoms with Crippen LogP contribution in [0, 0.1) is 6.92 Å². The van der Waals surface area contributed by atoms with Crippen LogP contribution in [0.5, 0.6) is 0 Å². The first-order valence-electron chi connectivity index (χ1n) is 6.41. The summed E-state index contributed by atoms with van der Waals surface area (Å²) in [6.45, 7) is 2.84. The molecule has 0 bridgehead atoms. The summed E-state index contributed by atoms with van der Waals surface area (Å²) < 4.78 is 1.12. The summed E-state index contributed by atoms with van der Waals surface area (Å²) in [5, 5.41) is 3.36. The van der Waals surface area contributed by atoms with Gasteiger partial charge in [-0.25, -0.2) is 0 Å². The summed E-state index contributed by atoms with van der Waals surface area (Å²) in [6, 6.07) is 14.1. The Morgan fingerprint density at radius 3 is 2.40 bits per heavy atom. The van der Waals surface area contributed by atoms with E-state index in [1.54, 1.807) is 0 Å². The van der Waals surface area contributed by atoms with Crippen LogP contribution in [0.2, 0.25) is 0 Å². The Balaban J connectivity index is 1.96. The van der Waals surface area contributed by atoms with Crippen molar-refractivity contribution in [3.63, 3.8) is 0 Å². The molecule has 0 aliphatic rings. The number of amides is 1. The summed E-state index contributed by atoms with van der Waals surface area (Å²) in [7, 11) is 0. The molecule has 0 saturated carbocycles. The van der Waals surface area contributed by atoms with E-state index in [1.165, 1.54) is 11.1 Å². The number of nitrogens with two attached hydrogens (primary N) is 1. The Morgan fingerprint density at radius 2 is 1.80 bits per heavy atom. The number of aryl methyl sites for hydroxylation is 1. The van der Waals surface area contributed by atoms with Gasteiger partial charge in [-0.2, -0.15) is 0 Å². The minimum atomic E-state index is -0.309. The summed E-state index contributed by atoms with van der Waals surface area (Å²) in [5.74, 6) is -0.309. The molecule has 1 amide bonds. The van der Waals surface area contributed by atoms with Crippen LogP contribution in [0.15, 0.2) is 46.9 Å². The van der Waals surface area contributed by atoms with E-state index in [1.807, 2.05) is 24.3 Å². The number of hydrogen-bond donors (Lipinski definition) is 2. The molecule has 0 fully saturated rings. The predicted octanol–water partition coefficient (Wildman–Crippen LogP) is 3.40. The number of carbonyl (C=O) groups excluding carboxylic acids is 1. The maximum Gasteiger partial charge on any atom is 0.221 e. The minimum absolute atomic E-state index is 0.284. The van der Waals surface area contributed by atoms with Crippen molar-refractivity contribution >= 4 is 27.5 Å². The molecule has 0 spiro atoms. The largest absolute Gasteiger partial charge is 0.381 e. The van der Waals surface area contributed by atoms with E-state index in [0.29, 0.717) is 0 Å². The summed E-state index contributed by atoms with van der Waals surface area (Å²) in [4.78, 5) is 10.8. The van der Waals surface area contributed by atoms with E-state index < -0.39 is 0 Å². The number of hydrogen-bond acceptors (Lipinski definition) is 2. The third-order valence-electron chi connectivity index (χ3n) is 3.05. The topological polar surface area (TPSA) is 55.1 Å². The highest BCUT2D eigenvalue weighted by Gasteiger charge is 2.00. The van der Waals surface area contributed by atoms with Crippen LogP contribution in [0.3, 0.4) is 0 Å². The van der Waals surface area contributed by atoms with Crippen molar-refractivity contribution in [2.24, 2.45) is 5.73 Å². The number of carbonyl (C=O) groups is 1. The average molecular weight is 333 g/mol. The molecular formula is C16H17BrN2O. The molecule has 20 heavy (non-hydrogen) atoms. The van der Waals surface area contributed by atoms with Crippen molar-refractivity contribution in [1.29, 1.82) is 0 Å². The molecule has 0 saturated heterocycles. The molecule has 0 heterocycles. The molecule has 2 rings (SSSR count). The highest BCUT2D eigenvalue weighted by molar-refractivity contribution is 9.10. The van der Waals surface area contributed by atoms with Crippen LogP contribution in [-0.2, 0) is 17.8 Å². The van der Waals surface area contributed by atoms with Crippen LogP contribution < -0.4 is 11.1 Å². The van der Waals surface area contributed by atoms with Gasteiger partial charge in [-0.1, -0.05) is 40.2 Å². The van der Waals surface area contributed by atoms with Crippen molar-refractivity contribution in [1.82, 2.24) is 0 Å². The summed E-state index contributed by atoms with van der Waals surface area (Å²) in [5.41, 5.74) is 9.58. The van der Waals surface area contributed by atoms with Gasteiger partial charge in [-0.3, -0.25) is 4.79 Å². The van der Waals surface area contributed by atoms with E-state index in [-0.39, 0.29) is 12.3 Å². The van der Waals surface area contributed by atoms with E-state index in [0.717, 1.165) is 22.3 Å². The van der Waals surface area contributed by atoms with E-state index in [4.69, 9.17) is 5.73 Å². The normalized spacial score (nSPS) is 10.3. The zero-order valence-electron chi connectivity index (χ0n) is 11.3. The maximum absolute atomic E-state index is 10.8. The maximum atomic E-state index is 10.8. The fraction of sp³-hybridized carbons (Fsp3) is 0.188. The highest BCUT2D eigenvalue weighted by atomic mass is 79.9. The highest BCUT2D eigenvalue weighted by Crippen LogP contribution is 2.18. The third kappa shape index (κ3) is 4.10. The zero-order valence-corrected chi connectivity index (χ0v) is 12.9. The molecule has 104 valence electrons. The number of nitrogens with one attached hydrogen (secondary N) is 1. The van der Waals surface area contributed by atoms with Crippen molar-refractivity contribution in [2.75, 3.05) is 5.32 Å². The molecule has 0 atom stereocenters. The second-order valence-corrected chi connectivity index (χ2v) is 5.63. The van der Waals surface area contributed by atoms with Crippen molar-refractivity contribution in [2.45, 2.75) is 19.9 Å². The van der Waals surface area contributed by atoms with Gasteiger partial charge in [0, 0.05) is 16.7 Å². The van der Waals surface area contributed by atoms with Crippen LogP contribution >= 0.6 is 15.9 Å². The van der Waals surface area contributed by atoms with Crippen LogP contribution in [-0.4, -0.2) is 5.91 Å². The lowest BCUT2D eigenvalue weighted by Crippen LogP contribution is -2.13. The first-order valence-corrected chi connectivity index (χ1v) is 7.20. The van der Waals surface area contributed by atoms with Crippen molar-refractivity contribution in [3.05, 3.63) is 63.6 Å². The lowest BCUT2D eigenvalue weighted by atomic mass is 10.1.